The zero-order valence-corrected chi connectivity index (χ0v) is 9.71. The largest absolute Gasteiger partial charge is 0.478 e. The molecule has 0 aliphatic rings. The van der Waals surface area contributed by atoms with Crippen molar-refractivity contribution in [3.63, 3.8) is 0 Å². The van der Waals surface area contributed by atoms with Crippen molar-refractivity contribution in [2.24, 2.45) is 7.05 Å². The van der Waals surface area contributed by atoms with Crippen LogP contribution >= 0.6 is 0 Å². The summed E-state index contributed by atoms with van der Waals surface area (Å²) in [6.45, 7) is 0.353. The van der Waals surface area contributed by atoms with Gasteiger partial charge in [0, 0.05) is 19.3 Å². The quantitative estimate of drug-likeness (QED) is 0.851. The van der Waals surface area contributed by atoms with E-state index in [-0.39, 0.29) is 11.1 Å². The molecule has 0 unspecified atom stereocenters. The van der Waals surface area contributed by atoms with E-state index in [4.69, 9.17) is 9.52 Å². The van der Waals surface area contributed by atoms with Gasteiger partial charge in [0.15, 0.2) is 0 Å². The van der Waals surface area contributed by atoms with Crippen LogP contribution in [0.1, 0.15) is 16.1 Å². The number of hydrogen-bond donors (Lipinski definition) is 2. The summed E-state index contributed by atoms with van der Waals surface area (Å²) in [6, 6.07) is 4.56. The van der Waals surface area contributed by atoms with E-state index in [0.717, 1.165) is 5.69 Å². The summed E-state index contributed by atoms with van der Waals surface area (Å²) in [7, 11) is 1.66. The molecule has 0 amide bonds. The van der Waals surface area contributed by atoms with E-state index in [2.05, 4.69) is 5.32 Å². The Bertz CT molecular complexity index is 627. The minimum atomic E-state index is -1.02. The minimum absolute atomic E-state index is 0.0910. The number of nitrogens with one attached hydrogen (secondary N) is 1. The molecule has 94 valence electrons. The van der Waals surface area contributed by atoms with E-state index in [0.29, 0.717) is 12.3 Å². The topological polar surface area (TPSA) is 84.5 Å². The van der Waals surface area contributed by atoms with E-state index in [9.17, 15) is 9.59 Å². The lowest BCUT2D eigenvalue weighted by molar-refractivity contribution is 0.0696. The fourth-order valence-corrected chi connectivity index (χ4v) is 1.47. The van der Waals surface area contributed by atoms with Crippen LogP contribution in [0.15, 0.2) is 39.9 Å². The average Bonchev–Trinajstić information content (AvgIpc) is 2.79. The molecular weight excluding hydrogens is 236 g/mol. The first-order valence-electron chi connectivity index (χ1n) is 5.27. The molecule has 18 heavy (non-hydrogen) atoms. The van der Waals surface area contributed by atoms with Crippen LogP contribution in [0.3, 0.4) is 0 Å². The fourth-order valence-electron chi connectivity index (χ4n) is 1.47. The monoisotopic (exact) mass is 248 g/mol. The molecule has 0 saturated carbocycles. The highest BCUT2D eigenvalue weighted by Gasteiger charge is 2.07. The number of rotatable bonds is 4. The number of aromatic nitrogens is 1. The van der Waals surface area contributed by atoms with Crippen LogP contribution < -0.4 is 10.9 Å². The van der Waals surface area contributed by atoms with Crippen LogP contribution in [0.4, 0.5) is 5.69 Å². The van der Waals surface area contributed by atoms with Gasteiger partial charge >= 0.3 is 5.97 Å². The van der Waals surface area contributed by atoms with Gasteiger partial charge in [0.1, 0.15) is 12.0 Å². The normalized spacial score (nSPS) is 10.3. The van der Waals surface area contributed by atoms with Crippen molar-refractivity contribution in [3.05, 3.63) is 52.3 Å². The number of hydrogen-bond acceptors (Lipinski definition) is 4. The predicted molar refractivity (Wildman–Crippen MR) is 64.7 cm³/mol. The lowest BCUT2D eigenvalue weighted by Crippen LogP contribution is -2.15. The third-order valence-corrected chi connectivity index (χ3v) is 2.45. The molecule has 0 radical (unpaired) electrons. The van der Waals surface area contributed by atoms with Gasteiger partial charge in [0.25, 0.3) is 0 Å². The molecular formula is C12H12N2O4. The molecule has 6 heteroatoms. The molecule has 0 aromatic carbocycles. The number of pyridine rings is 1. The van der Waals surface area contributed by atoms with E-state index in [1.165, 1.54) is 23.0 Å². The summed E-state index contributed by atoms with van der Waals surface area (Å²) in [5, 5.41) is 11.8. The van der Waals surface area contributed by atoms with Gasteiger partial charge in [0.2, 0.25) is 5.56 Å². The lowest BCUT2D eigenvalue weighted by Gasteiger charge is -2.05. The third kappa shape index (κ3) is 2.60. The predicted octanol–water partition coefficient (Wildman–Crippen LogP) is 1.29. The van der Waals surface area contributed by atoms with Gasteiger partial charge in [0.05, 0.1) is 17.8 Å². The second kappa shape index (κ2) is 4.79. The van der Waals surface area contributed by atoms with Crippen LogP contribution in [0.25, 0.3) is 0 Å². The molecule has 0 saturated heterocycles. The van der Waals surface area contributed by atoms with Gasteiger partial charge in [-0.25, -0.2) is 4.79 Å². The van der Waals surface area contributed by atoms with E-state index >= 15 is 0 Å². The van der Waals surface area contributed by atoms with Gasteiger partial charge in [-0.05, 0) is 12.1 Å². The Morgan fingerprint density at radius 2 is 2.28 bits per heavy atom. The molecule has 0 aliphatic carbocycles. The maximum atomic E-state index is 11.2. The van der Waals surface area contributed by atoms with Crippen molar-refractivity contribution in [2.75, 3.05) is 5.32 Å². The Labute approximate surface area is 102 Å². The molecule has 0 fully saturated rings. The zero-order valence-electron chi connectivity index (χ0n) is 9.71. The average molecular weight is 248 g/mol. The molecule has 2 N–H and O–H groups in total. The van der Waals surface area contributed by atoms with E-state index in [1.807, 2.05) is 0 Å². The molecule has 2 rings (SSSR count). The Hall–Kier alpha value is -2.50. The summed E-state index contributed by atoms with van der Waals surface area (Å²) < 4.78 is 6.54. The summed E-state index contributed by atoms with van der Waals surface area (Å²) in [5.41, 5.74) is 0.782. The van der Waals surface area contributed by atoms with Crippen LogP contribution in [-0.4, -0.2) is 15.6 Å². The first kappa shape index (κ1) is 12.0. The second-order valence-electron chi connectivity index (χ2n) is 3.83. The molecule has 0 spiro atoms. The Morgan fingerprint density at radius 1 is 1.50 bits per heavy atom. The Kier molecular flexibility index (Phi) is 3.18. The van der Waals surface area contributed by atoms with Gasteiger partial charge < -0.3 is 19.4 Å². The van der Waals surface area contributed by atoms with Crippen molar-refractivity contribution < 1.29 is 14.3 Å². The van der Waals surface area contributed by atoms with E-state index < -0.39 is 5.97 Å². The van der Waals surface area contributed by atoms with Gasteiger partial charge in [-0.2, -0.15) is 0 Å². The van der Waals surface area contributed by atoms with Crippen molar-refractivity contribution in [2.45, 2.75) is 6.54 Å². The Morgan fingerprint density at radius 3 is 2.89 bits per heavy atom. The number of anilines is 1. The molecule has 2 aromatic heterocycles. The standard InChI is InChI=1S/C12H12N2O4/c1-14-6-9(2-3-11(14)15)13-5-10-4-8(7-18-10)12(16)17/h2-4,6-7,13H,5H2,1H3,(H,16,17). The highest BCUT2D eigenvalue weighted by molar-refractivity contribution is 5.87. The number of aromatic carboxylic acids is 1. The number of aryl methyl sites for hydroxylation is 1. The molecule has 0 atom stereocenters. The van der Waals surface area contributed by atoms with Crippen LogP contribution in [0.5, 0.6) is 0 Å². The fraction of sp³-hybridized carbons (Fsp3) is 0.167. The highest BCUT2D eigenvalue weighted by atomic mass is 16.4. The van der Waals surface area contributed by atoms with Crippen LogP contribution in [-0.2, 0) is 13.6 Å². The smallest absolute Gasteiger partial charge is 0.338 e. The third-order valence-electron chi connectivity index (χ3n) is 2.45. The SMILES string of the molecule is Cn1cc(NCc2cc(C(=O)O)co2)ccc1=O. The number of carbonyl (C=O) groups is 1. The molecule has 0 aliphatic heterocycles. The highest BCUT2D eigenvalue weighted by Crippen LogP contribution is 2.10. The van der Waals surface area contributed by atoms with Crippen LogP contribution in [0.2, 0.25) is 0 Å². The van der Waals surface area contributed by atoms with Gasteiger partial charge in [-0.15, -0.1) is 0 Å². The van der Waals surface area contributed by atoms with Crippen molar-refractivity contribution in [3.8, 4) is 0 Å². The number of carboxylic acids is 1. The molecule has 0 bridgehead atoms. The maximum Gasteiger partial charge on any atom is 0.338 e. The van der Waals surface area contributed by atoms with Crippen molar-refractivity contribution in [1.29, 1.82) is 0 Å². The summed E-state index contributed by atoms with van der Waals surface area (Å²) in [6.07, 6.45) is 2.85. The number of furan rings is 1. The summed E-state index contributed by atoms with van der Waals surface area (Å²) in [5.74, 6) is -0.506. The first-order chi connectivity index (χ1) is 8.56. The van der Waals surface area contributed by atoms with Gasteiger partial charge in [-0.3, -0.25) is 4.79 Å². The summed E-state index contributed by atoms with van der Waals surface area (Å²) in [4.78, 5) is 21.8. The first-order valence-corrected chi connectivity index (χ1v) is 5.27. The molecule has 6 nitrogen and oxygen atoms in total. The zero-order chi connectivity index (χ0) is 13.1. The van der Waals surface area contributed by atoms with Crippen molar-refractivity contribution >= 4 is 11.7 Å². The number of nitrogens with zero attached hydrogens (tertiary/aromatic N) is 1. The van der Waals surface area contributed by atoms with Crippen LogP contribution in [0, 0.1) is 0 Å². The van der Waals surface area contributed by atoms with E-state index in [1.54, 1.807) is 19.3 Å². The molecule has 2 aromatic rings. The summed E-state index contributed by atoms with van der Waals surface area (Å²) >= 11 is 0. The minimum Gasteiger partial charge on any atom is -0.478 e. The lowest BCUT2D eigenvalue weighted by atomic mass is 10.3. The maximum absolute atomic E-state index is 11.2. The Balaban J connectivity index is 2.04. The number of carboxylic acid groups (broad SMARTS) is 1. The molecule has 2 heterocycles. The van der Waals surface area contributed by atoms with Gasteiger partial charge in [-0.1, -0.05) is 0 Å². The van der Waals surface area contributed by atoms with Crippen molar-refractivity contribution in [1.82, 2.24) is 4.57 Å². The second-order valence-corrected chi connectivity index (χ2v) is 3.83.